The van der Waals surface area contributed by atoms with E-state index in [-0.39, 0.29) is 18.2 Å². The second kappa shape index (κ2) is 9.79. The molecule has 3 heterocycles. The number of nitrogens with one attached hydrogen (secondary N) is 1. The Morgan fingerprint density at radius 2 is 1.72 bits per heavy atom. The zero-order chi connectivity index (χ0) is 25.4. The topological polar surface area (TPSA) is 88.2 Å². The maximum Gasteiger partial charge on any atom is 0.254 e. The molecule has 11 heteroatoms. The molecule has 3 aliphatic rings. The Bertz CT molecular complexity index is 1200. The van der Waals surface area contributed by atoms with E-state index in [1.165, 1.54) is 5.56 Å². The summed E-state index contributed by atoms with van der Waals surface area (Å²) in [4.78, 5) is 41.8. The van der Waals surface area contributed by atoms with Crippen molar-refractivity contribution in [2.24, 2.45) is 0 Å². The molecule has 184 valence electrons. The molecule has 2 aromatic carbocycles. The summed E-state index contributed by atoms with van der Waals surface area (Å²) in [5.74, 6) is -0.245. The lowest BCUT2D eigenvalue weighted by Crippen LogP contribution is -2.59. The lowest BCUT2D eigenvalue weighted by Gasteiger charge is -2.40. The van der Waals surface area contributed by atoms with Gasteiger partial charge in [-0.2, -0.15) is 0 Å². The highest BCUT2D eigenvalue weighted by Crippen LogP contribution is 2.42. The number of hydrogen-bond acceptors (Lipinski definition) is 6. The molecule has 0 aromatic heterocycles. The van der Waals surface area contributed by atoms with Crippen molar-refractivity contribution in [3.05, 3.63) is 58.7 Å². The van der Waals surface area contributed by atoms with E-state index in [0.717, 1.165) is 49.4 Å². The number of piperidine rings is 1. The van der Waals surface area contributed by atoms with Crippen LogP contribution in [0.4, 0.5) is 0 Å². The first kappa shape index (κ1) is 24.7. The van der Waals surface area contributed by atoms with Gasteiger partial charge in [0, 0.05) is 42.5 Å². The van der Waals surface area contributed by atoms with Gasteiger partial charge in [0.1, 0.15) is 41.9 Å². The van der Waals surface area contributed by atoms with Crippen LogP contribution in [-0.4, -0.2) is 83.4 Å². The first-order valence-corrected chi connectivity index (χ1v) is 12.6. The molecule has 0 spiro atoms. The smallest absolute Gasteiger partial charge is 0.254 e. The number of nitrogens with zero attached hydrogens (tertiary/aromatic N) is 2. The standard InChI is InChI=1S/C25H30B3N3O5/c26-18-6-5-17-21(25(27,28)31(24(17)34)19-7-8-20(32)29-23(19)33)22(18)36-14-16-3-1-15(2-4-16)13-30-9-11-35-12-10-30/h1-6,19H,7-14,26-28H2,(H,29,32,33). The molecule has 0 aliphatic carbocycles. The monoisotopic (exact) mass is 485 g/mol. The minimum Gasteiger partial charge on any atom is -0.489 e. The summed E-state index contributed by atoms with van der Waals surface area (Å²) in [7, 11) is 5.84. The van der Waals surface area contributed by atoms with Crippen LogP contribution in [-0.2, 0) is 32.8 Å². The normalized spacial score (nSPS) is 21.8. The van der Waals surface area contributed by atoms with Crippen LogP contribution in [0.2, 0.25) is 0 Å². The van der Waals surface area contributed by atoms with Crippen molar-refractivity contribution >= 4 is 46.7 Å². The Labute approximate surface area is 213 Å². The molecule has 2 fully saturated rings. The Morgan fingerprint density at radius 3 is 2.42 bits per heavy atom. The van der Waals surface area contributed by atoms with E-state index in [1.54, 1.807) is 4.90 Å². The van der Waals surface area contributed by atoms with Crippen molar-refractivity contribution in [2.75, 3.05) is 26.3 Å². The van der Waals surface area contributed by atoms with Gasteiger partial charge in [0.25, 0.3) is 5.91 Å². The largest absolute Gasteiger partial charge is 0.489 e. The predicted octanol–water partition coefficient (Wildman–Crippen LogP) is -2.01. The Kier molecular flexibility index (Phi) is 6.70. The number of rotatable bonds is 6. The van der Waals surface area contributed by atoms with Gasteiger partial charge in [0.2, 0.25) is 11.8 Å². The van der Waals surface area contributed by atoms with Crippen LogP contribution in [0, 0.1) is 0 Å². The molecule has 1 N–H and O–H groups in total. The van der Waals surface area contributed by atoms with Crippen molar-refractivity contribution in [2.45, 2.75) is 37.4 Å². The molecule has 3 aliphatic heterocycles. The summed E-state index contributed by atoms with van der Waals surface area (Å²) >= 11 is 0. The molecule has 2 aromatic rings. The average molecular weight is 485 g/mol. The van der Waals surface area contributed by atoms with Crippen LogP contribution in [0.1, 0.15) is 39.9 Å². The summed E-state index contributed by atoms with van der Waals surface area (Å²) in [5, 5.41) is 1.62. The molecular weight excluding hydrogens is 455 g/mol. The van der Waals surface area contributed by atoms with Gasteiger partial charge in [-0.25, -0.2) is 0 Å². The van der Waals surface area contributed by atoms with Gasteiger partial charge in [-0.3, -0.25) is 24.6 Å². The fraction of sp³-hybridized carbons (Fsp3) is 0.400. The van der Waals surface area contributed by atoms with Crippen molar-refractivity contribution in [3.8, 4) is 5.75 Å². The van der Waals surface area contributed by atoms with Gasteiger partial charge in [0.05, 0.1) is 13.2 Å². The summed E-state index contributed by atoms with van der Waals surface area (Å²) in [5.41, 5.74) is 4.57. The number of morpholine rings is 1. The maximum atomic E-state index is 13.5. The highest BCUT2D eigenvalue weighted by atomic mass is 16.5. The molecule has 8 nitrogen and oxygen atoms in total. The van der Waals surface area contributed by atoms with E-state index in [4.69, 9.17) is 9.47 Å². The van der Waals surface area contributed by atoms with Crippen molar-refractivity contribution in [1.29, 1.82) is 0 Å². The summed E-state index contributed by atoms with van der Waals surface area (Å²) in [6.07, 6.45) is 0.538. The quantitative estimate of drug-likeness (QED) is 0.377. The molecule has 5 rings (SSSR count). The van der Waals surface area contributed by atoms with Gasteiger partial charge in [0.15, 0.2) is 0 Å². The van der Waals surface area contributed by atoms with Gasteiger partial charge >= 0.3 is 0 Å². The number of fused-ring (bicyclic) bond motifs is 1. The van der Waals surface area contributed by atoms with E-state index in [1.807, 2.05) is 35.7 Å². The van der Waals surface area contributed by atoms with Crippen LogP contribution in [0.3, 0.4) is 0 Å². The van der Waals surface area contributed by atoms with Gasteiger partial charge in [-0.15, -0.1) is 0 Å². The van der Waals surface area contributed by atoms with E-state index in [2.05, 4.69) is 34.5 Å². The number of benzene rings is 2. The lowest BCUT2D eigenvalue weighted by atomic mass is 9.57. The number of amides is 3. The molecule has 3 amide bonds. The van der Waals surface area contributed by atoms with Gasteiger partial charge in [-0.05, 0) is 29.1 Å². The van der Waals surface area contributed by atoms with Crippen LogP contribution in [0.5, 0.6) is 5.75 Å². The highest BCUT2D eigenvalue weighted by Gasteiger charge is 2.50. The molecule has 0 saturated carbocycles. The third-order valence-electron chi connectivity index (χ3n) is 7.46. The van der Waals surface area contributed by atoms with Crippen molar-refractivity contribution < 1.29 is 23.9 Å². The number of carbonyl (C=O) groups excluding carboxylic acids is 3. The van der Waals surface area contributed by atoms with E-state index in [9.17, 15) is 14.4 Å². The number of imide groups is 1. The molecule has 2 saturated heterocycles. The summed E-state index contributed by atoms with van der Waals surface area (Å²) in [6, 6.07) is 11.4. The van der Waals surface area contributed by atoms with Crippen molar-refractivity contribution in [1.82, 2.24) is 15.1 Å². The van der Waals surface area contributed by atoms with Crippen LogP contribution < -0.4 is 15.5 Å². The summed E-state index contributed by atoms with van der Waals surface area (Å²) in [6.45, 7) is 4.75. The SMILES string of the molecule is Bc1ccc2c(c1OCc1ccc(CN3CCOCC3)cc1)C(B)(B)N(C1CCC(=O)NC1=O)C2=O. The zero-order valence-corrected chi connectivity index (χ0v) is 21.1. The Balaban J connectivity index is 1.34. The minimum atomic E-state index is -0.766. The predicted molar refractivity (Wildman–Crippen MR) is 143 cm³/mol. The Hall–Kier alpha value is -3.04. The fourth-order valence-corrected chi connectivity index (χ4v) is 5.54. The second-order valence-electron chi connectivity index (χ2n) is 10.3. The minimum absolute atomic E-state index is 0.207. The number of ether oxygens (including phenoxy) is 2. The fourth-order valence-electron chi connectivity index (χ4n) is 5.54. The lowest BCUT2D eigenvalue weighted by molar-refractivity contribution is -0.137. The van der Waals surface area contributed by atoms with E-state index in [0.29, 0.717) is 24.3 Å². The molecule has 1 unspecified atom stereocenters. The Morgan fingerprint density at radius 1 is 1.03 bits per heavy atom. The van der Waals surface area contributed by atoms with Crippen LogP contribution >= 0.6 is 0 Å². The van der Waals surface area contributed by atoms with E-state index < -0.39 is 17.3 Å². The summed E-state index contributed by atoms with van der Waals surface area (Å²) < 4.78 is 11.8. The second-order valence-corrected chi connectivity index (χ2v) is 10.3. The van der Waals surface area contributed by atoms with Crippen molar-refractivity contribution in [3.63, 3.8) is 0 Å². The van der Waals surface area contributed by atoms with Crippen LogP contribution in [0.25, 0.3) is 0 Å². The van der Waals surface area contributed by atoms with E-state index >= 15 is 0 Å². The average Bonchev–Trinajstić information content (AvgIpc) is 3.05. The third-order valence-corrected chi connectivity index (χ3v) is 7.46. The highest BCUT2D eigenvalue weighted by molar-refractivity contribution is 6.44. The first-order valence-electron chi connectivity index (χ1n) is 12.6. The van der Waals surface area contributed by atoms with Gasteiger partial charge in [-0.1, -0.05) is 30.3 Å². The molecule has 0 bridgehead atoms. The maximum absolute atomic E-state index is 13.5. The zero-order valence-electron chi connectivity index (χ0n) is 21.1. The molecule has 1 atom stereocenters. The number of carbonyl (C=O) groups is 3. The first-order chi connectivity index (χ1) is 17.3. The number of hydrogen-bond donors (Lipinski definition) is 1. The van der Waals surface area contributed by atoms with Crippen LogP contribution in [0.15, 0.2) is 36.4 Å². The third kappa shape index (κ3) is 4.57. The molecule has 0 radical (unpaired) electrons. The molecule has 36 heavy (non-hydrogen) atoms. The van der Waals surface area contributed by atoms with Gasteiger partial charge < -0.3 is 14.4 Å². The molecular formula is C25H30B3N3O5.